The lowest BCUT2D eigenvalue weighted by atomic mass is 9.87. The van der Waals surface area contributed by atoms with E-state index < -0.39 is 5.41 Å². The zero-order valence-corrected chi connectivity index (χ0v) is 11.7. The Morgan fingerprint density at radius 3 is 3.00 bits per heavy atom. The molecule has 2 rings (SSSR count). The van der Waals surface area contributed by atoms with Crippen LogP contribution in [0.15, 0.2) is 24.3 Å². The second-order valence-electron chi connectivity index (χ2n) is 5.31. The number of nitrogens with one attached hydrogen (secondary N) is 2. The monoisotopic (exact) mass is 262 g/mol. The van der Waals surface area contributed by atoms with E-state index in [0.717, 1.165) is 18.5 Å². The molecule has 0 saturated carbocycles. The fraction of sp³-hybridized carbons (Fsp3) is 0.533. The van der Waals surface area contributed by atoms with Crippen LogP contribution >= 0.6 is 0 Å². The summed E-state index contributed by atoms with van der Waals surface area (Å²) >= 11 is 0. The first-order chi connectivity index (χ1) is 9.16. The molecule has 104 valence electrons. The van der Waals surface area contributed by atoms with Crippen molar-refractivity contribution in [3.8, 4) is 0 Å². The van der Waals surface area contributed by atoms with Crippen LogP contribution in [-0.2, 0) is 16.1 Å². The van der Waals surface area contributed by atoms with E-state index in [0.29, 0.717) is 19.7 Å². The highest BCUT2D eigenvalue weighted by Gasteiger charge is 2.41. The third kappa shape index (κ3) is 3.33. The van der Waals surface area contributed by atoms with Gasteiger partial charge >= 0.3 is 0 Å². The van der Waals surface area contributed by atoms with Gasteiger partial charge in [0.1, 0.15) is 0 Å². The fourth-order valence-corrected chi connectivity index (χ4v) is 2.59. The summed E-state index contributed by atoms with van der Waals surface area (Å²) in [5, 5.41) is 6.28. The Kier molecular flexibility index (Phi) is 4.56. The van der Waals surface area contributed by atoms with Crippen molar-refractivity contribution in [2.45, 2.75) is 19.9 Å². The van der Waals surface area contributed by atoms with Crippen molar-refractivity contribution in [3.63, 3.8) is 0 Å². The summed E-state index contributed by atoms with van der Waals surface area (Å²) in [5.41, 5.74) is 1.94. The topological polar surface area (TPSA) is 50.4 Å². The lowest BCUT2D eigenvalue weighted by Gasteiger charge is -2.26. The molecule has 0 radical (unpaired) electrons. The maximum absolute atomic E-state index is 12.4. The Morgan fingerprint density at radius 2 is 2.37 bits per heavy atom. The zero-order valence-electron chi connectivity index (χ0n) is 11.7. The Bertz CT molecular complexity index is 440. The van der Waals surface area contributed by atoms with Crippen LogP contribution in [0, 0.1) is 12.3 Å². The van der Waals surface area contributed by atoms with Crippen LogP contribution in [0.4, 0.5) is 0 Å². The first-order valence-electron chi connectivity index (χ1n) is 6.70. The molecule has 1 aliphatic heterocycles. The molecule has 1 unspecified atom stereocenters. The van der Waals surface area contributed by atoms with Crippen LogP contribution in [-0.4, -0.2) is 32.7 Å². The highest BCUT2D eigenvalue weighted by Crippen LogP contribution is 2.26. The van der Waals surface area contributed by atoms with Crippen LogP contribution in [0.25, 0.3) is 0 Å². The predicted molar refractivity (Wildman–Crippen MR) is 74.8 cm³/mol. The molecule has 0 aromatic heterocycles. The molecule has 1 fully saturated rings. The molecule has 1 aliphatic rings. The van der Waals surface area contributed by atoms with Gasteiger partial charge in [0.05, 0.1) is 12.0 Å². The molecule has 1 aromatic carbocycles. The third-order valence-corrected chi connectivity index (χ3v) is 3.68. The fourth-order valence-electron chi connectivity index (χ4n) is 2.59. The number of ether oxygens (including phenoxy) is 1. The van der Waals surface area contributed by atoms with E-state index in [1.54, 1.807) is 7.11 Å². The van der Waals surface area contributed by atoms with Crippen molar-refractivity contribution in [3.05, 3.63) is 35.4 Å². The van der Waals surface area contributed by atoms with E-state index in [4.69, 9.17) is 4.74 Å². The molecule has 19 heavy (non-hydrogen) atoms. The second kappa shape index (κ2) is 6.17. The van der Waals surface area contributed by atoms with E-state index in [-0.39, 0.29) is 5.91 Å². The normalized spacial score (nSPS) is 22.4. The average molecular weight is 262 g/mol. The number of aryl methyl sites for hydroxylation is 1. The number of carbonyl (C=O) groups is 1. The average Bonchev–Trinajstić information content (AvgIpc) is 2.86. The molecule has 1 saturated heterocycles. The summed E-state index contributed by atoms with van der Waals surface area (Å²) in [4.78, 5) is 12.4. The molecular weight excluding hydrogens is 240 g/mol. The number of amides is 1. The molecular formula is C15H22N2O2. The van der Waals surface area contributed by atoms with Gasteiger partial charge in [0.2, 0.25) is 5.91 Å². The van der Waals surface area contributed by atoms with Gasteiger partial charge in [-0.25, -0.2) is 0 Å². The molecule has 4 nitrogen and oxygen atoms in total. The summed E-state index contributed by atoms with van der Waals surface area (Å²) in [6.45, 7) is 4.67. The van der Waals surface area contributed by atoms with Crippen LogP contribution in [0.3, 0.4) is 0 Å². The summed E-state index contributed by atoms with van der Waals surface area (Å²) < 4.78 is 5.22. The maximum Gasteiger partial charge on any atom is 0.230 e. The second-order valence-corrected chi connectivity index (χ2v) is 5.31. The molecule has 1 heterocycles. The molecule has 0 bridgehead atoms. The summed E-state index contributed by atoms with van der Waals surface area (Å²) in [6.07, 6.45) is 0.834. The van der Waals surface area contributed by atoms with Crippen molar-refractivity contribution in [1.82, 2.24) is 10.6 Å². The number of benzene rings is 1. The Morgan fingerprint density at radius 1 is 1.53 bits per heavy atom. The van der Waals surface area contributed by atoms with Gasteiger partial charge in [0, 0.05) is 20.2 Å². The Labute approximate surface area is 114 Å². The van der Waals surface area contributed by atoms with Crippen molar-refractivity contribution < 1.29 is 9.53 Å². The lowest BCUT2D eigenvalue weighted by molar-refractivity contribution is -0.133. The molecule has 1 aromatic rings. The van der Waals surface area contributed by atoms with Crippen LogP contribution < -0.4 is 10.6 Å². The molecule has 1 atom stereocenters. The van der Waals surface area contributed by atoms with Crippen molar-refractivity contribution in [2.75, 3.05) is 26.8 Å². The van der Waals surface area contributed by atoms with Gasteiger partial charge in [-0.1, -0.05) is 29.8 Å². The maximum atomic E-state index is 12.4. The summed E-state index contributed by atoms with van der Waals surface area (Å²) in [6, 6.07) is 8.19. The van der Waals surface area contributed by atoms with Gasteiger partial charge in [-0.05, 0) is 25.5 Å². The van der Waals surface area contributed by atoms with Gasteiger partial charge in [0.25, 0.3) is 0 Å². The van der Waals surface area contributed by atoms with Crippen molar-refractivity contribution in [2.24, 2.45) is 5.41 Å². The van der Waals surface area contributed by atoms with Gasteiger partial charge in [0.15, 0.2) is 0 Å². The highest BCUT2D eigenvalue weighted by atomic mass is 16.5. The molecule has 0 spiro atoms. The van der Waals surface area contributed by atoms with Gasteiger partial charge in [-0.3, -0.25) is 4.79 Å². The molecule has 4 heteroatoms. The lowest BCUT2D eigenvalue weighted by Crippen LogP contribution is -2.45. The standard InChI is InChI=1S/C15H22N2O2/c1-12-4-3-5-13(8-12)9-17-14(18)15(11-19-2)6-7-16-10-15/h3-5,8,16H,6-7,9-11H2,1-2H3,(H,17,18). The van der Waals surface area contributed by atoms with Crippen LogP contribution in [0.2, 0.25) is 0 Å². The van der Waals surface area contributed by atoms with Crippen LogP contribution in [0.1, 0.15) is 17.5 Å². The minimum Gasteiger partial charge on any atom is -0.384 e. The van der Waals surface area contributed by atoms with Crippen molar-refractivity contribution in [1.29, 1.82) is 0 Å². The number of hydrogen-bond donors (Lipinski definition) is 2. The number of methoxy groups -OCH3 is 1. The Balaban J connectivity index is 1.96. The summed E-state index contributed by atoms with van der Waals surface area (Å²) in [7, 11) is 1.65. The van der Waals surface area contributed by atoms with E-state index in [2.05, 4.69) is 29.7 Å². The van der Waals surface area contributed by atoms with E-state index in [1.165, 1.54) is 5.56 Å². The van der Waals surface area contributed by atoms with E-state index in [1.807, 2.05) is 12.1 Å². The minimum absolute atomic E-state index is 0.0841. The van der Waals surface area contributed by atoms with Gasteiger partial charge < -0.3 is 15.4 Å². The van der Waals surface area contributed by atoms with Gasteiger partial charge in [-0.15, -0.1) is 0 Å². The van der Waals surface area contributed by atoms with Gasteiger partial charge in [-0.2, -0.15) is 0 Å². The third-order valence-electron chi connectivity index (χ3n) is 3.68. The largest absolute Gasteiger partial charge is 0.384 e. The molecule has 2 N–H and O–H groups in total. The van der Waals surface area contributed by atoms with E-state index in [9.17, 15) is 4.79 Å². The number of hydrogen-bond acceptors (Lipinski definition) is 3. The number of carbonyl (C=O) groups excluding carboxylic acids is 1. The SMILES string of the molecule is COCC1(C(=O)NCc2cccc(C)c2)CCNC1. The minimum atomic E-state index is -0.404. The first kappa shape index (κ1) is 14.0. The highest BCUT2D eigenvalue weighted by molar-refractivity contribution is 5.83. The van der Waals surface area contributed by atoms with Crippen molar-refractivity contribution >= 4 is 5.91 Å². The van der Waals surface area contributed by atoms with Crippen LogP contribution in [0.5, 0.6) is 0 Å². The predicted octanol–water partition coefficient (Wildman–Crippen LogP) is 1.24. The molecule has 1 amide bonds. The van der Waals surface area contributed by atoms with E-state index >= 15 is 0 Å². The molecule has 0 aliphatic carbocycles. The smallest absolute Gasteiger partial charge is 0.230 e. The summed E-state index contributed by atoms with van der Waals surface area (Å²) in [5.74, 6) is 0.0841. The zero-order chi connectivity index (χ0) is 13.7. The number of rotatable bonds is 5. The first-order valence-corrected chi connectivity index (χ1v) is 6.70. The quantitative estimate of drug-likeness (QED) is 0.839. The Hall–Kier alpha value is -1.39.